The highest BCUT2D eigenvalue weighted by Gasteiger charge is 2.28. The average Bonchev–Trinajstić information content (AvgIpc) is 3.57. The molecular formula is C25H30N4O4. The number of fused-ring (bicyclic) bond motifs is 1. The Kier molecular flexibility index (Phi) is 6.35. The molecule has 1 fully saturated rings. The van der Waals surface area contributed by atoms with Gasteiger partial charge in [0, 0.05) is 18.2 Å². The van der Waals surface area contributed by atoms with Crippen molar-refractivity contribution in [1.29, 1.82) is 0 Å². The Balaban J connectivity index is 1.61. The number of nitrogens with zero attached hydrogens (tertiary/aromatic N) is 2. The fraction of sp³-hybridized carbons (Fsp3) is 0.440. The average molecular weight is 451 g/mol. The van der Waals surface area contributed by atoms with Gasteiger partial charge in [0.15, 0.2) is 5.65 Å². The Bertz CT molecular complexity index is 1300. The molecule has 2 N–H and O–H groups in total. The van der Waals surface area contributed by atoms with Gasteiger partial charge in [-0.25, -0.2) is 9.78 Å². The van der Waals surface area contributed by atoms with E-state index in [2.05, 4.69) is 21.4 Å². The van der Waals surface area contributed by atoms with Gasteiger partial charge >= 0.3 is 5.69 Å². The highest BCUT2D eigenvalue weighted by atomic mass is 16.5. The lowest BCUT2D eigenvalue weighted by molar-refractivity contribution is 0.0948. The zero-order valence-corrected chi connectivity index (χ0v) is 19.5. The maximum absolute atomic E-state index is 13.1. The summed E-state index contributed by atoms with van der Waals surface area (Å²) >= 11 is 0. The maximum atomic E-state index is 13.1. The molecule has 0 unspecified atom stereocenters. The molecule has 0 aliphatic heterocycles. The summed E-state index contributed by atoms with van der Waals surface area (Å²) in [6.45, 7) is 8.94. The molecule has 0 radical (unpaired) electrons. The van der Waals surface area contributed by atoms with Gasteiger partial charge in [0.05, 0.1) is 17.5 Å². The van der Waals surface area contributed by atoms with Crippen LogP contribution in [0.3, 0.4) is 0 Å². The lowest BCUT2D eigenvalue weighted by Gasteiger charge is -2.15. The second-order valence-corrected chi connectivity index (χ2v) is 9.26. The smallest absolute Gasteiger partial charge is 0.330 e. The zero-order chi connectivity index (χ0) is 23.7. The molecule has 1 aliphatic rings. The number of hydrogen-bond donors (Lipinski definition) is 2. The lowest BCUT2D eigenvalue weighted by atomic mass is 10.1. The minimum Gasteiger partial charge on any atom is -0.492 e. The van der Waals surface area contributed by atoms with Gasteiger partial charge in [0.1, 0.15) is 12.4 Å². The first-order valence-corrected chi connectivity index (χ1v) is 11.4. The van der Waals surface area contributed by atoms with E-state index in [1.807, 2.05) is 39.8 Å². The number of ether oxygens (including phenoxy) is 1. The summed E-state index contributed by atoms with van der Waals surface area (Å²) in [5.74, 6) is 0.799. The van der Waals surface area contributed by atoms with E-state index >= 15 is 0 Å². The Morgan fingerprint density at radius 2 is 1.88 bits per heavy atom. The van der Waals surface area contributed by atoms with Crippen LogP contribution in [0.15, 0.2) is 33.9 Å². The number of H-pyrrole nitrogens is 1. The first-order valence-electron chi connectivity index (χ1n) is 11.4. The first kappa shape index (κ1) is 22.8. The van der Waals surface area contributed by atoms with Crippen LogP contribution in [0.4, 0.5) is 0 Å². The number of rotatable bonds is 8. The standard InChI is InChI=1S/C25H30N4O4/c1-14(2)13-29-22-21(24(31)28-25(29)32)19(12-20(27-22)17-5-6-17)23(30)26-7-8-33-18-10-15(3)9-16(4)11-18/h9-12,14,17H,5-8,13H2,1-4H3,(H,26,30)(H,28,31,32). The van der Waals surface area contributed by atoms with Crippen molar-refractivity contribution in [2.75, 3.05) is 13.2 Å². The Morgan fingerprint density at radius 3 is 2.52 bits per heavy atom. The van der Waals surface area contributed by atoms with Gasteiger partial charge in [0.25, 0.3) is 11.5 Å². The van der Waals surface area contributed by atoms with Crippen LogP contribution < -0.4 is 21.3 Å². The predicted molar refractivity (Wildman–Crippen MR) is 127 cm³/mol. The summed E-state index contributed by atoms with van der Waals surface area (Å²) in [5, 5.41) is 2.99. The normalized spacial score (nSPS) is 13.5. The molecule has 1 saturated carbocycles. The third-order valence-corrected chi connectivity index (χ3v) is 5.61. The van der Waals surface area contributed by atoms with Crippen LogP contribution in [-0.4, -0.2) is 33.6 Å². The number of amides is 1. The molecule has 3 aromatic rings. The van der Waals surface area contributed by atoms with E-state index in [1.165, 1.54) is 4.57 Å². The van der Waals surface area contributed by atoms with E-state index in [1.54, 1.807) is 6.07 Å². The van der Waals surface area contributed by atoms with Crippen LogP contribution in [0.5, 0.6) is 5.75 Å². The van der Waals surface area contributed by atoms with Crippen molar-refractivity contribution < 1.29 is 9.53 Å². The zero-order valence-electron chi connectivity index (χ0n) is 19.5. The molecule has 8 nitrogen and oxygen atoms in total. The fourth-order valence-electron chi connectivity index (χ4n) is 4.04. The summed E-state index contributed by atoms with van der Waals surface area (Å²) in [4.78, 5) is 45.3. The van der Waals surface area contributed by atoms with Crippen molar-refractivity contribution in [1.82, 2.24) is 19.9 Å². The van der Waals surface area contributed by atoms with Crippen molar-refractivity contribution >= 4 is 16.9 Å². The highest BCUT2D eigenvalue weighted by Crippen LogP contribution is 2.39. The quantitative estimate of drug-likeness (QED) is 0.513. The minimum atomic E-state index is -0.596. The fourth-order valence-corrected chi connectivity index (χ4v) is 4.04. The molecule has 1 aromatic carbocycles. The number of hydrogen-bond acceptors (Lipinski definition) is 5. The summed E-state index contributed by atoms with van der Waals surface area (Å²) in [6.07, 6.45) is 1.97. The summed E-state index contributed by atoms with van der Waals surface area (Å²) < 4.78 is 7.24. The minimum absolute atomic E-state index is 0.146. The van der Waals surface area contributed by atoms with Crippen molar-refractivity contribution in [3.8, 4) is 5.75 Å². The second-order valence-electron chi connectivity index (χ2n) is 9.26. The molecule has 0 saturated heterocycles. The first-order chi connectivity index (χ1) is 15.7. The summed E-state index contributed by atoms with van der Waals surface area (Å²) in [7, 11) is 0. The Hall–Kier alpha value is -3.42. The SMILES string of the molecule is Cc1cc(C)cc(OCCNC(=O)c2cc(C3CC3)nc3c2c(=O)[nH]c(=O)n3CC(C)C)c1. The van der Waals surface area contributed by atoms with Crippen LogP contribution >= 0.6 is 0 Å². The maximum Gasteiger partial charge on any atom is 0.330 e. The van der Waals surface area contributed by atoms with E-state index in [4.69, 9.17) is 4.74 Å². The molecule has 2 aromatic heterocycles. The van der Waals surface area contributed by atoms with Crippen LogP contribution in [0, 0.1) is 19.8 Å². The molecule has 0 bridgehead atoms. The van der Waals surface area contributed by atoms with Crippen molar-refractivity contribution in [2.45, 2.75) is 53.0 Å². The van der Waals surface area contributed by atoms with Gasteiger partial charge in [-0.2, -0.15) is 0 Å². The predicted octanol–water partition coefficient (Wildman–Crippen LogP) is 3.04. The van der Waals surface area contributed by atoms with Crippen molar-refractivity contribution in [3.05, 3.63) is 67.5 Å². The summed E-state index contributed by atoms with van der Waals surface area (Å²) in [5.41, 5.74) is 2.39. The molecular weight excluding hydrogens is 420 g/mol. The molecule has 2 heterocycles. The molecule has 1 amide bonds. The van der Waals surface area contributed by atoms with Crippen LogP contribution in [0.2, 0.25) is 0 Å². The number of nitrogens with one attached hydrogen (secondary N) is 2. The van der Waals surface area contributed by atoms with E-state index in [9.17, 15) is 14.4 Å². The summed E-state index contributed by atoms with van der Waals surface area (Å²) in [6, 6.07) is 7.65. The molecule has 174 valence electrons. The third kappa shape index (κ3) is 5.16. The van der Waals surface area contributed by atoms with Gasteiger partial charge in [-0.1, -0.05) is 19.9 Å². The largest absolute Gasteiger partial charge is 0.492 e. The van der Waals surface area contributed by atoms with Crippen LogP contribution in [-0.2, 0) is 6.54 Å². The number of aromatic nitrogens is 3. The number of carbonyl (C=O) groups is 1. The van der Waals surface area contributed by atoms with Crippen LogP contribution in [0.25, 0.3) is 11.0 Å². The second kappa shape index (κ2) is 9.21. The Labute approximate surface area is 192 Å². The lowest BCUT2D eigenvalue weighted by Crippen LogP contribution is -2.35. The number of carbonyl (C=O) groups excluding carboxylic acids is 1. The molecule has 0 atom stereocenters. The van der Waals surface area contributed by atoms with Gasteiger partial charge < -0.3 is 10.1 Å². The molecule has 33 heavy (non-hydrogen) atoms. The third-order valence-electron chi connectivity index (χ3n) is 5.61. The number of aryl methyl sites for hydroxylation is 2. The van der Waals surface area contributed by atoms with Gasteiger partial charge in [-0.3, -0.25) is 19.1 Å². The monoisotopic (exact) mass is 450 g/mol. The number of aromatic amines is 1. The van der Waals surface area contributed by atoms with Gasteiger partial charge in [-0.15, -0.1) is 0 Å². The molecule has 4 rings (SSSR count). The molecule has 0 spiro atoms. The van der Waals surface area contributed by atoms with Crippen molar-refractivity contribution in [2.24, 2.45) is 5.92 Å². The van der Waals surface area contributed by atoms with Gasteiger partial charge in [0.2, 0.25) is 0 Å². The number of pyridine rings is 1. The molecule has 8 heteroatoms. The van der Waals surface area contributed by atoms with E-state index in [0.29, 0.717) is 13.2 Å². The topological polar surface area (TPSA) is 106 Å². The Morgan fingerprint density at radius 1 is 1.18 bits per heavy atom. The highest BCUT2D eigenvalue weighted by molar-refractivity contribution is 6.05. The number of benzene rings is 1. The van der Waals surface area contributed by atoms with Crippen LogP contribution in [0.1, 0.15) is 59.8 Å². The van der Waals surface area contributed by atoms with E-state index in [-0.39, 0.29) is 40.9 Å². The molecule has 1 aliphatic carbocycles. The van der Waals surface area contributed by atoms with Gasteiger partial charge in [-0.05, 0) is 61.9 Å². The van der Waals surface area contributed by atoms with Crippen molar-refractivity contribution in [3.63, 3.8) is 0 Å². The van der Waals surface area contributed by atoms with E-state index < -0.39 is 11.2 Å². The van der Waals surface area contributed by atoms with E-state index in [0.717, 1.165) is 35.4 Å².